The third-order valence-electron chi connectivity index (χ3n) is 7.04. The van der Waals surface area contributed by atoms with Crippen LogP contribution in [-0.4, -0.2) is 99.6 Å². The molecule has 0 atom stereocenters. The monoisotopic (exact) mass is 612 g/mol. The van der Waals surface area contributed by atoms with E-state index in [0.29, 0.717) is 0 Å². The van der Waals surface area contributed by atoms with E-state index in [9.17, 15) is 19.2 Å². The van der Waals surface area contributed by atoms with Crippen LogP contribution in [-0.2, 0) is 44.9 Å². The van der Waals surface area contributed by atoms with Gasteiger partial charge in [-0.15, -0.1) is 0 Å². The van der Waals surface area contributed by atoms with Gasteiger partial charge < -0.3 is 19.6 Å². The highest BCUT2D eigenvalue weighted by Gasteiger charge is 2.07. The molecule has 2 aliphatic carbocycles. The van der Waals surface area contributed by atoms with Crippen LogP contribution in [0.1, 0.15) is 75.6 Å². The number of carbonyl (C=O) groups is 4. The van der Waals surface area contributed by atoms with Gasteiger partial charge in [0.1, 0.15) is 0 Å². The average molecular weight is 613 g/mol. The van der Waals surface area contributed by atoms with E-state index in [1.807, 2.05) is 0 Å². The summed E-state index contributed by atoms with van der Waals surface area (Å²) in [5, 5.41) is 0. The van der Waals surface area contributed by atoms with Crippen LogP contribution in [0.15, 0.2) is 48.5 Å². The minimum atomic E-state index is 0.0926. The highest BCUT2D eigenvalue weighted by Crippen LogP contribution is 2.20. The summed E-state index contributed by atoms with van der Waals surface area (Å²) in [7, 11) is 13.8. The van der Waals surface area contributed by atoms with E-state index >= 15 is 0 Å². The van der Waals surface area contributed by atoms with Crippen molar-refractivity contribution in [3.05, 3.63) is 70.8 Å². The highest BCUT2D eigenvalue weighted by molar-refractivity contribution is 5.73. The number of hydrogen-bond donors (Lipinski definition) is 0. The highest BCUT2D eigenvalue weighted by atomic mass is 16.2. The summed E-state index contributed by atoms with van der Waals surface area (Å²) in [4.78, 5) is 46.4. The van der Waals surface area contributed by atoms with Crippen LogP contribution in [0.25, 0.3) is 0 Å². The number of amides is 4. The van der Waals surface area contributed by atoms with Crippen LogP contribution in [0.5, 0.6) is 0 Å². The van der Waals surface area contributed by atoms with Gasteiger partial charge >= 0.3 is 0 Å². The van der Waals surface area contributed by atoms with Gasteiger partial charge in [-0.25, -0.2) is 0 Å². The zero-order valence-corrected chi connectivity index (χ0v) is 29.7. The second-order valence-electron chi connectivity index (χ2n) is 11.6. The number of nitrogens with zero attached hydrogens (tertiary/aromatic N) is 4. The first-order chi connectivity index (χ1) is 20.5. The molecule has 0 heterocycles. The first-order valence-corrected chi connectivity index (χ1v) is 15.4. The van der Waals surface area contributed by atoms with Crippen LogP contribution >= 0.6 is 0 Å². The van der Waals surface area contributed by atoms with E-state index in [1.54, 1.807) is 78.6 Å². The van der Waals surface area contributed by atoms with Gasteiger partial charge in [-0.2, -0.15) is 0 Å². The van der Waals surface area contributed by atoms with Crippen molar-refractivity contribution >= 4 is 23.6 Å². The third kappa shape index (κ3) is 22.9. The maximum absolute atomic E-state index is 10.1. The number of carbonyl (C=O) groups excluding carboxylic acids is 4. The molecule has 0 aromatic heterocycles. The van der Waals surface area contributed by atoms with E-state index in [2.05, 4.69) is 48.5 Å². The molecule has 0 aliphatic heterocycles. The molecule has 8 heteroatoms. The van der Waals surface area contributed by atoms with Crippen LogP contribution in [0.4, 0.5) is 0 Å². The van der Waals surface area contributed by atoms with Crippen LogP contribution in [0, 0.1) is 0 Å². The van der Waals surface area contributed by atoms with Gasteiger partial charge in [-0.3, -0.25) is 19.2 Å². The lowest BCUT2D eigenvalue weighted by atomic mass is 9.92. The predicted molar refractivity (Wildman–Crippen MR) is 184 cm³/mol. The summed E-state index contributed by atoms with van der Waals surface area (Å²) in [6.45, 7) is 6.11. The molecule has 8 nitrogen and oxygen atoms in total. The molecule has 2 aliphatic rings. The van der Waals surface area contributed by atoms with E-state index in [1.165, 1.54) is 98.7 Å². The Morgan fingerprint density at radius 2 is 0.523 bits per heavy atom. The summed E-state index contributed by atoms with van der Waals surface area (Å²) in [6, 6.07) is 17.6. The zero-order valence-electron chi connectivity index (χ0n) is 29.7. The largest absolute Gasteiger partial charge is 0.349 e. The Balaban J connectivity index is 0. The van der Waals surface area contributed by atoms with Gasteiger partial charge in [0.2, 0.25) is 23.6 Å². The van der Waals surface area contributed by atoms with Crippen molar-refractivity contribution in [2.75, 3.05) is 56.4 Å². The van der Waals surface area contributed by atoms with Crippen molar-refractivity contribution in [2.24, 2.45) is 0 Å². The Morgan fingerprint density at radius 3 is 0.636 bits per heavy atom. The molecule has 0 fully saturated rings. The fourth-order valence-corrected chi connectivity index (χ4v) is 3.35. The molecule has 0 radical (unpaired) electrons. The van der Waals surface area contributed by atoms with Crippen molar-refractivity contribution in [2.45, 2.75) is 79.1 Å². The van der Waals surface area contributed by atoms with Crippen molar-refractivity contribution in [1.82, 2.24) is 19.6 Å². The molecule has 0 spiro atoms. The van der Waals surface area contributed by atoms with Gasteiger partial charge in [-0.1, -0.05) is 48.5 Å². The van der Waals surface area contributed by atoms with Crippen LogP contribution in [0.2, 0.25) is 0 Å². The Morgan fingerprint density at radius 1 is 0.386 bits per heavy atom. The van der Waals surface area contributed by atoms with Gasteiger partial charge in [0.15, 0.2) is 0 Å². The van der Waals surface area contributed by atoms with E-state index in [-0.39, 0.29) is 23.6 Å². The molecule has 0 N–H and O–H groups in total. The molecule has 248 valence electrons. The van der Waals surface area contributed by atoms with Gasteiger partial charge in [0.05, 0.1) is 0 Å². The number of hydrogen-bond acceptors (Lipinski definition) is 4. The quantitative estimate of drug-likeness (QED) is 0.393. The predicted octanol–water partition coefficient (Wildman–Crippen LogP) is 5.51. The minimum absolute atomic E-state index is 0.0926. The van der Waals surface area contributed by atoms with Crippen molar-refractivity contribution < 1.29 is 19.2 Å². The summed E-state index contributed by atoms with van der Waals surface area (Å²) in [5.41, 5.74) is 6.31. The van der Waals surface area contributed by atoms with E-state index in [4.69, 9.17) is 0 Å². The standard InChI is InChI=1S/2C10H12.4C4H9NO/c2*1-2-6-10-8-4-3-7-9(10)5-1;4*1-4(6)5(2)3/h2*1-2,5-6H,3-4,7-8H2;4*1-3H3. The average Bonchev–Trinajstić information content (AvgIpc) is 2.98. The molecule has 0 saturated heterocycles. The van der Waals surface area contributed by atoms with Crippen molar-refractivity contribution in [3.63, 3.8) is 0 Å². The fourth-order valence-electron chi connectivity index (χ4n) is 3.35. The topological polar surface area (TPSA) is 81.2 Å². The van der Waals surface area contributed by atoms with Crippen LogP contribution < -0.4 is 0 Å². The first-order valence-electron chi connectivity index (χ1n) is 15.4. The molecule has 0 unspecified atom stereocenters. The third-order valence-corrected chi connectivity index (χ3v) is 7.04. The number of fused-ring (bicyclic) bond motifs is 2. The second-order valence-corrected chi connectivity index (χ2v) is 11.6. The summed E-state index contributed by atoms with van der Waals surface area (Å²) >= 11 is 0. The molecule has 4 amide bonds. The van der Waals surface area contributed by atoms with Crippen LogP contribution in [0.3, 0.4) is 0 Å². The maximum atomic E-state index is 10.1. The van der Waals surface area contributed by atoms with Crippen molar-refractivity contribution in [1.29, 1.82) is 0 Å². The normalized spacial score (nSPS) is 11.7. The maximum Gasteiger partial charge on any atom is 0.218 e. The smallest absolute Gasteiger partial charge is 0.218 e. The minimum Gasteiger partial charge on any atom is -0.349 e. The molecule has 0 saturated carbocycles. The SMILES string of the molecule is CC(=O)N(C)C.CC(=O)N(C)C.CC(=O)N(C)C.CC(=O)N(C)C.c1ccc2c(c1)CCCC2.c1ccc2c(c1)CCCC2. The Bertz CT molecular complexity index is 937. The molecular formula is C36H60N4O4. The van der Waals surface area contributed by atoms with Gasteiger partial charge in [0, 0.05) is 84.1 Å². The molecule has 2 aromatic rings. The van der Waals surface area contributed by atoms with Crippen molar-refractivity contribution in [3.8, 4) is 0 Å². The molecule has 2 aromatic carbocycles. The first kappa shape index (κ1) is 42.5. The molecule has 44 heavy (non-hydrogen) atoms. The fraction of sp³-hybridized carbons (Fsp3) is 0.556. The molecular weight excluding hydrogens is 552 g/mol. The van der Waals surface area contributed by atoms with E-state index in [0.717, 1.165) is 0 Å². The Labute approximate surface area is 268 Å². The Kier molecular flexibility index (Phi) is 23.9. The molecule has 4 rings (SSSR count). The number of rotatable bonds is 0. The summed E-state index contributed by atoms with van der Waals surface area (Å²) < 4.78 is 0. The lowest BCUT2D eigenvalue weighted by Gasteiger charge is -2.13. The summed E-state index contributed by atoms with van der Waals surface area (Å²) in [5.74, 6) is 0.370. The van der Waals surface area contributed by atoms with Gasteiger partial charge in [-0.05, 0) is 73.6 Å². The summed E-state index contributed by atoms with van der Waals surface area (Å²) in [6.07, 6.45) is 10.8. The molecule has 0 bridgehead atoms. The van der Waals surface area contributed by atoms with E-state index < -0.39 is 0 Å². The Hall–Kier alpha value is -3.68. The zero-order chi connectivity index (χ0) is 34.2. The number of aryl methyl sites for hydroxylation is 4. The number of benzene rings is 2. The van der Waals surface area contributed by atoms with Gasteiger partial charge in [0.25, 0.3) is 0 Å². The lowest BCUT2D eigenvalue weighted by Crippen LogP contribution is -2.17. The second kappa shape index (κ2) is 24.7. The lowest BCUT2D eigenvalue weighted by molar-refractivity contribution is -0.127.